The second kappa shape index (κ2) is 8.36. The van der Waals surface area contributed by atoms with Crippen molar-refractivity contribution in [3.05, 3.63) is 47.8 Å². The first-order valence-electron chi connectivity index (χ1n) is 9.30. The fourth-order valence-corrected chi connectivity index (χ4v) is 3.87. The number of rotatable bonds is 6. The number of nitrogens with one attached hydrogen (secondary N) is 1. The zero-order valence-electron chi connectivity index (χ0n) is 15.8. The highest BCUT2D eigenvalue weighted by Gasteiger charge is 2.32. The third-order valence-electron chi connectivity index (χ3n) is 5.13. The van der Waals surface area contributed by atoms with Crippen LogP contribution in [0.25, 0.3) is 0 Å². The van der Waals surface area contributed by atoms with Crippen LogP contribution >= 0.6 is 0 Å². The van der Waals surface area contributed by atoms with Crippen LogP contribution in [-0.4, -0.2) is 47.3 Å². The number of amides is 1. The molecular weight excluding hydrogens is 328 g/mol. The van der Waals surface area contributed by atoms with Gasteiger partial charge in [-0.25, -0.2) is 0 Å². The predicted molar refractivity (Wildman–Crippen MR) is 101 cm³/mol. The molecule has 1 aromatic carbocycles. The highest BCUT2D eigenvalue weighted by Crippen LogP contribution is 2.34. The maximum absolute atomic E-state index is 12.7. The second-order valence-corrected chi connectivity index (χ2v) is 6.85. The molecule has 2 heterocycles. The van der Waals surface area contributed by atoms with Gasteiger partial charge in [0, 0.05) is 19.8 Å². The van der Waals surface area contributed by atoms with Gasteiger partial charge in [0.05, 0.1) is 23.9 Å². The Hall–Kier alpha value is -2.34. The summed E-state index contributed by atoms with van der Waals surface area (Å²) in [7, 11) is 4.13. The number of likely N-dealkylation sites (tertiary alicyclic amines) is 1. The van der Waals surface area contributed by atoms with E-state index in [2.05, 4.69) is 28.4 Å². The zero-order chi connectivity index (χ0) is 18.5. The Morgan fingerprint density at radius 3 is 2.85 bits per heavy atom. The Bertz CT molecular complexity index is 743. The summed E-state index contributed by atoms with van der Waals surface area (Å²) in [5, 5.41) is 7.45. The Morgan fingerprint density at radius 2 is 2.12 bits per heavy atom. The largest absolute Gasteiger partial charge is 0.493 e. The summed E-state index contributed by atoms with van der Waals surface area (Å²) in [5.41, 5.74) is 1.79. The maximum Gasteiger partial charge on any atom is 0.255 e. The molecular formula is C20H28N4O2. The van der Waals surface area contributed by atoms with Gasteiger partial charge in [0.25, 0.3) is 5.91 Å². The van der Waals surface area contributed by atoms with Gasteiger partial charge < -0.3 is 10.1 Å². The average Bonchev–Trinajstić information content (AvgIpc) is 3.06. The summed E-state index contributed by atoms with van der Waals surface area (Å²) in [4.78, 5) is 15.1. The van der Waals surface area contributed by atoms with Gasteiger partial charge in [-0.15, -0.1) is 0 Å². The number of hydrogen-bond acceptors (Lipinski definition) is 4. The minimum absolute atomic E-state index is 0.0777. The van der Waals surface area contributed by atoms with Crippen molar-refractivity contribution in [2.45, 2.75) is 25.8 Å². The first-order chi connectivity index (χ1) is 12.6. The highest BCUT2D eigenvalue weighted by atomic mass is 16.5. The van der Waals surface area contributed by atoms with Crippen molar-refractivity contribution in [2.24, 2.45) is 13.0 Å². The van der Waals surface area contributed by atoms with E-state index < -0.39 is 0 Å². The summed E-state index contributed by atoms with van der Waals surface area (Å²) in [6.45, 7) is 4.16. The van der Waals surface area contributed by atoms with E-state index >= 15 is 0 Å². The molecule has 6 heteroatoms. The number of hydrogen-bond donors (Lipinski definition) is 1. The van der Waals surface area contributed by atoms with Crippen LogP contribution in [0.15, 0.2) is 36.5 Å². The standard InChI is InChI=1S/C20H28N4O2/c1-4-26-18-10-6-5-9-16(18)20(25)21-14-15-8-7-13-23(2)19(15)17-11-12-22-24(17)3/h5-6,9-12,15,19H,4,7-8,13-14H2,1-3H3,(H,21,25)/t15-,19+/m0/s1. The highest BCUT2D eigenvalue weighted by molar-refractivity contribution is 5.96. The lowest BCUT2D eigenvalue weighted by Crippen LogP contribution is -2.42. The van der Waals surface area contributed by atoms with Crippen molar-refractivity contribution in [3.8, 4) is 5.75 Å². The first kappa shape index (κ1) is 18.5. The smallest absolute Gasteiger partial charge is 0.255 e. The van der Waals surface area contributed by atoms with E-state index in [1.54, 1.807) is 0 Å². The van der Waals surface area contributed by atoms with Crippen molar-refractivity contribution in [3.63, 3.8) is 0 Å². The molecule has 0 spiro atoms. The van der Waals surface area contributed by atoms with Crippen LogP contribution in [-0.2, 0) is 7.05 Å². The molecule has 0 aliphatic carbocycles. The second-order valence-electron chi connectivity index (χ2n) is 6.85. The summed E-state index contributed by atoms with van der Waals surface area (Å²) in [6.07, 6.45) is 4.07. The molecule has 1 aliphatic heterocycles. The van der Waals surface area contributed by atoms with Gasteiger partial charge in [0.1, 0.15) is 5.75 Å². The molecule has 1 amide bonds. The summed E-state index contributed by atoms with van der Waals surface area (Å²) in [6, 6.07) is 9.74. The van der Waals surface area contributed by atoms with Gasteiger partial charge in [0.2, 0.25) is 0 Å². The lowest BCUT2D eigenvalue weighted by molar-refractivity contribution is 0.0877. The lowest BCUT2D eigenvalue weighted by Gasteiger charge is -2.39. The average molecular weight is 356 g/mol. The van der Waals surface area contributed by atoms with Crippen LogP contribution in [0.3, 0.4) is 0 Å². The predicted octanol–water partition coefficient (Wildman–Crippen LogP) is 2.63. The van der Waals surface area contributed by atoms with E-state index in [0.717, 1.165) is 19.4 Å². The molecule has 140 valence electrons. The van der Waals surface area contributed by atoms with Crippen LogP contribution < -0.4 is 10.1 Å². The van der Waals surface area contributed by atoms with Crippen molar-refractivity contribution < 1.29 is 9.53 Å². The number of piperidine rings is 1. The van der Waals surface area contributed by atoms with E-state index in [1.807, 2.05) is 49.1 Å². The fourth-order valence-electron chi connectivity index (χ4n) is 3.87. The molecule has 1 N–H and O–H groups in total. The number of carbonyl (C=O) groups is 1. The van der Waals surface area contributed by atoms with Gasteiger partial charge in [-0.1, -0.05) is 12.1 Å². The van der Waals surface area contributed by atoms with Crippen LogP contribution in [0.4, 0.5) is 0 Å². The zero-order valence-corrected chi connectivity index (χ0v) is 15.8. The van der Waals surface area contributed by atoms with Crippen LogP contribution in [0.2, 0.25) is 0 Å². The minimum atomic E-state index is -0.0777. The number of nitrogens with zero attached hydrogens (tertiary/aromatic N) is 3. The SMILES string of the molecule is CCOc1ccccc1C(=O)NC[C@@H]1CCCN(C)[C@H]1c1ccnn1C. The maximum atomic E-state index is 12.7. The van der Waals surface area contributed by atoms with E-state index in [-0.39, 0.29) is 11.9 Å². The van der Waals surface area contributed by atoms with E-state index in [4.69, 9.17) is 4.74 Å². The molecule has 1 saturated heterocycles. The fraction of sp³-hybridized carbons (Fsp3) is 0.500. The molecule has 1 aromatic heterocycles. The Kier molecular flexibility index (Phi) is 5.93. The number of benzene rings is 1. The molecule has 0 unspecified atom stereocenters. The van der Waals surface area contributed by atoms with Gasteiger partial charge >= 0.3 is 0 Å². The minimum Gasteiger partial charge on any atom is -0.493 e. The quantitative estimate of drug-likeness (QED) is 0.864. The summed E-state index contributed by atoms with van der Waals surface area (Å²) < 4.78 is 7.52. The number of aromatic nitrogens is 2. The van der Waals surface area contributed by atoms with Crippen LogP contribution in [0.1, 0.15) is 41.9 Å². The number of carbonyl (C=O) groups excluding carboxylic acids is 1. The molecule has 1 aliphatic rings. The Labute approximate surface area is 155 Å². The van der Waals surface area contributed by atoms with Crippen molar-refractivity contribution in [1.82, 2.24) is 20.0 Å². The first-order valence-corrected chi connectivity index (χ1v) is 9.30. The third-order valence-corrected chi connectivity index (χ3v) is 5.13. The molecule has 2 aromatic rings. The summed E-state index contributed by atoms with van der Waals surface area (Å²) in [5.74, 6) is 0.912. The normalized spacial score (nSPS) is 20.7. The lowest BCUT2D eigenvalue weighted by atomic mass is 9.87. The monoisotopic (exact) mass is 356 g/mol. The molecule has 2 atom stereocenters. The van der Waals surface area contributed by atoms with Gasteiger partial charge in [-0.05, 0) is 57.5 Å². The van der Waals surface area contributed by atoms with Crippen molar-refractivity contribution >= 4 is 5.91 Å². The molecule has 1 fully saturated rings. The van der Waals surface area contributed by atoms with E-state index in [0.29, 0.717) is 30.4 Å². The Morgan fingerprint density at radius 1 is 1.31 bits per heavy atom. The number of aryl methyl sites for hydroxylation is 1. The molecule has 26 heavy (non-hydrogen) atoms. The number of ether oxygens (including phenoxy) is 1. The molecule has 0 radical (unpaired) electrons. The number of para-hydroxylation sites is 1. The third kappa shape index (κ3) is 3.90. The van der Waals surface area contributed by atoms with Crippen LogP contribution in [0.5, 0.6) is 5.75 Å². The molecule has 3 rings (SSSR count). The Balaban J connectivity index is 1.71. The van der Waals surface area contributed by atoms with Gasteiger partial charge in [-0.2, -0.15) is 5.10 Å². The van der Waals surface area contributed by atoms with Crippen LogP contribution in [0, 0.1) is 5.92 Å². The van der Waals surface area contributed by atoms with Gasteiger partial charge in [-0.3, -0.25) is 14.4 Å². The molecule has 6 nitrogen and oxygen atoms in total. The molecule has 0 saturated carbocycles. The van der Waals surface area contributed by atoms with Crippen molar-refractivity contribution in [1.29, 1.82) is 0 Å². The van der Waals surface area contributed by atoms with E-state index in [1.165, 1.54) is 5.69 Å². The topological polar surface area (TPSA) is 59.4 Å². The molecule has 0 bridgehead atoms. The van der Waals surface area contributed by atoms with Crippen molar-refractivity contribution in [2.75, 3.05) is 26.7 Å². The summed E-state index contributed by atoms with van der Waals surface area (Å²) >= 11 is 0. The van der Waals surface area contributed by atoms with E-state index in [9.17, 15) is 4.79 Å². The van der Waals surface area contributed by atoms with Gasteiger partial charge in [0.15, 0.2) is 0 Å².